The highest BCUT2D eigenvalue weighted by molar-refractivity contribution is 5.42. The third-order valence-corrected chi connectivity index (χ3v) is 2.90. The van der Waals surface area contributed by atoms with Gasteiger partial charge in [0.25, 0.3) is 0 Å². The van der Waals surface area contributed by atoms with Crippen molar-refractivity contribution in [2.75, 3.05) is 0 Å². The number of rotatable bonds is 3. The fraction of sp³-hybridized carbons (Fsp3) is 0.143. The lowest BCUT2D eigenvalue weighted by molar-refractivity contribution is 0.334. The van der Waals surface area contributed by atoms with Crippen LogP contribution in [0, 0.1) is 0 Å². The van der Waals surface area contributed by atoms with E-state index in [2.05, 4.69) is 0 Å². The predicted molar refractivity (Wildman–Crippen MR) is 66.9 cm³/mol. The zero-order valence-corrected chi connectivity index (χ0v) is 9.63. The maximum Gasteiger partial charge on any atom is 0.147 e. The molecule has 0 aliphatic carbocycles. The molecule has 17 heavy (non-hydrogen) atoms. The molecule has 1 atom stereocenters. The van der Waals surface area contributed by atoms with E-state index < -0.39 is 0 Å². The van der Waals surface area contributed by atoms with Crippen LogP contribution in [0.2, 0.25) is 0 Å². The highest BCUT2D eigenvalue weighted by Crippen LogP contribution is 2.31. The van der Waals surface area contributed by atoms with Crippen LogP contribution in [0.3, 0.4) is 0 Å². The summed E-state index contributed by atoms with van der Waals surface area (Å²) in [6.07, 6.45) is 0. The first-order valence-corrected chi connectivity index (χ1v) is 5.47. The maximum absolute atomic E-state index is 9.81. The number of nitrogens with two attached hydrogens (primary N) is 1. The zero-order chi connectivity index (χ0) is 12.3. The molecule has 0 heterocycles. The highest BCUT2D eigenvalue weighted by Gasteiger charge is 2.12. The van der Waals surface area contributed by atoms with Crippen molar-refractivity contribution < 1.29 is 9.94 Å². The van der Waals surface area contributed by atoms with Gasteiger partial charge in [0, 0.05) is 11.5 Å². The van der Waals surface area contributed by atoms with Crippen LogP contribution in [0.15, 0.2) is 48.5 Å². The fourth-order valence-electron chi connectivity index (χ4n) is 1.89. The van der Waals surface area contributed by atoms with Crippen LogP contribution in [-0.4, -0.2) is 5.11 Å². The second-order valence-corrected chi connectivity index (χ2v) is 3.97. The lowest BCUT2D eigenvalue weighted by atomic mass is 9.92. The van der Waals surface area contributed by atoms with E-state index in [1.807, 2.05) is 43.3 Å². The molecule has 0 saturated carbocycles. The van der Waals surface area contributed by atoms with Gasteiger partial charge in [0.2, 0.25) is 0 Å². The lowest BCUT2D eigenvalue weighted by Gasteiger charge is -2.14. The van der Waals surface area contributed by atoms with Crippen molar-refractivity contribution >= 4 is 0 Å². The van der Waals surface area contributed by atoms with Crippen LogP contribution in [-0.2, 0) is 0 Å². The molecular weight excluding hydrogens is 214 g/mol. The van der Waals surface area contributed by atoms with Crippen LogP contribution in [0.4, 0.5) is 0 Å². The van der Waals surface area contributed by atoms with Crippen LogP contribution >= 0.6 is 0 Å². The molecule has 0 radical (unpaired) electrons. The Hall–Kier alpha value is -2.00. The van der Waals surface area contributed by atoms with Crippen LogP contribution in [0.25, 0.3) is 0 Å². The van der Waals surface area contributed by atoms with Gasteiger partial charge in [0.1, 0.15) is 11.5 Å². The molecule has 2 rings (SSSR count). The van der Waals surface area contributed by atoms with Gasteiger partial charge < -0.3 is 9.94 Å². The van der Waals surface area contributed by atoms with Crippen molar-refractivity contribution in [1.82, 2.24) is 0 Å². The monoisotopic (exact) mass is 229 g/mol. The van der Waals surface area contributed by atoms with Gasteiger partial charge in [-0.1, -0.05) is 37.3 Å². The number of phenolic OH excluding ortho intramolecular Hbond substituents is 1. The van der Waals surface area contributed by atoms with Gasteiger partial charge in [-0.2, -0.15) is 5.90 Å². The molecule has 1 unspecified atom stereocenters. The van der Waals surface area contributed by atoms with Crippen molar-refractivity contribution in [1.29, 1.82) is 0 Å². The molecule has 0 bridgehead atoms. The Morgan fingerprint density at radius 1 is 1.12 bits per heavy atom. The third-order valence-electron chi connectivity index (χ3n) is 2.90. The minimum Gasteiger partial charge on any atom is -0.508 e. The average molecular weight is 229 g/mol. The Kier molecular flexibility index (Phi) is 3.30. The van der Waals surface area contributed by atoms with Crippen LogP contribution in [0.1, 0.15) is 24.0 Å². The third kappa shape index (κ3) is 2.40. The van der Waals surface area contributed by atoms with E-state index in [1.165, 1.54) is 0 Å². The summed E-state index contributed by atoms with van der Waals surface area (Å²) in [6.45, 7) is 2.03. The predicted octanol–water partition coefficient (Wildman–Crippen LogP) is 2.80. The largest absolute Gasteiger partial charge is 0.508 e. The molecule has 3 N–H and O–H groups in total. The molecule has 2 aromatic carbocycles. The number of para-hydroxylation sites is 1. The van der Waals surface area contributed by atoms with Gasteiger partial charge >= 0.3 is 0 Å². The van der Waals surface area contributed by atoms with E-state index in [9.17, 15) is 5.11 Å². The topological polar surface area (TPSA) is 55.5 Å². The smallest absolute Gasteiger partial charge is 0.147 e. The van der Waals surface area contributed by atoms with E-state index in [-0.39, 0.29) is 5.92 Å². The molecule has 0 aliphatic rings. The summed E-state index contributed by atoms with van der Waals surface area (Å²) >= 11 is 0. The van der Waals surface area contributed by atoms with Gasteiger partial charge in [0.05, 0.1) is 0 Å². The van der Waals surface area contributed by atoms with Gasteiger partial charge in [0.15, 0.2) is 0 Å². The standard InChI is InChI=1S/C14H15NO2/c1-10(13-7-2-3-8-14(13)16)11-5-4-6-12(9-11)17-15/h2-10,16H,15H2,1H3. The Balaban J connectivity index is 2.37. The minimum atomic E-state index is 0.0892. The molecule has 3 heteroatoms. The number of hydrogen-bond acceptors (Lipinski definition) is 3. The highest BCUT2D eigenvalue weighted by atomic mass is 16.6. The van der Waals surface area contributed by atoms with E-state index in [0.29, 0.717) is 11.5 Å². The van der Waals surface area contributed by atoms with E-state index >= 15 is 0 Å². The number of hydrogen-bond donors (Lipinski definition) is 2. The first kappa shape index (κ1) is 11.5. The maximum atomic E-state index is 9.81. The van der Waals surface area contributed by atoms with E-state index in [4.69, 9.17) is 10.7 Å². The quantitative estimate of drug-likeness (QED) is 0.796. The Morgan fingerprint density at radius 3 is 2.59 bits per heavy atom. The molecule has 0 spiro atoms. The molecule has 0 saturated heterocycles. The fourth-order valence-corrected chi connectivity index (χ4v) is 1.89. The lowest BCUT2D eigenvalue weighted by Crippen LogP contribution is -2.03. The summed E-state index contributed by atoms with van der Waals surface area (Å²) in [5.74, 6) is 6.15. The second-order valence-electron chi connectivity index (χ2n) is 3.97. The van der Waals surface area contributed by atoms with Gasteiger partial charge in [-0.25, -0.2) is 0 Å². The van der Waals surface area contributed by atoms with E-state index in [1.54, 1.807) is 12.1 Å². The van der Waals surface area contributed by atoms with Crippen LogP contribution < -0.4 is 10.7 Å². The summed E-state index contributed by atoms with van der Waals surface area (Å²) in [7, 11) is 0. The minimum absolute atomic E-state index is 0.0892. The Morgan fingerprint density at radius 2 is 1.88 bits per heavy atom. The first-order valence-electron chi connectivity index (χ1n) is 5.47. The van der Waals surface area contributed by atoms with Crippen molar-refractivity contribution in [2.24, 2.45) is 5.90 Å². The Bertz CT molecular complexity index is 511. The molecule has 2 aromatic rings. The van der Waals surface area contributed by atoms with Gasteiger partial charge in [-0.15, -0.1) is 0 Å². The van der Waals surface area contributed by atoms with Crippen molar-refractivity contribution in [3.05, 3.63) is 59.7 Å². The molecule has 3 nitrogen and oxygen atoms in total. The molecular formula is C14H15NO2. The van der Waals surface area contributed by atoms with Crippen molar-refractivity contribution in [2.45, 2.75) is 12.8 Å². The average Bonchev–Trinajstić information content (AvgIpc) is 2.38. The first-order chi connectivity index (χ1) is 8.22. The summed E-state index contributed by atoms with van der Waals surface area (Å²) in [5.41, 5.74) is 1.94. The van der Waals surface area contributed by atoms with E-state index in [0.717, 1.165) is 11.1 Å². The molecule has 88 valence electrons. The molecule has 0 aromatic heterocycles. The number of phenols is 1. The number of benzene rings is 2. The summed E-state index contributed by atoms with van der Waals surface area (Å²) in [6, 6.07) is 14.9. The second kappa shape index (κ2) is 4.89. The van der Waals surface area contributed by atoms with Gasteiger partial charge in [-0.05, 0) is 23.8 Å². The summed E-state index contributed by atoms with van der Waals surface area (Å²) in [5, 5.41) is 9.81. The zero-order valence-electron chi connectivity index (χ0n) is 9.63. The molecule has 0 fully saturated rings. The number of aromatic hydroxyl groups is 1. The summed E-state index contributed by atoms with van der Waals surface area (Å²) < 4.78 is 0. The van der Waals surface area contributed by atoms with Crippen molar-refractivity contribution in [3.8, 4) is 11.5 Å². The molecule has 0 aliphatic heterocycles. The summed E-state index contributed by atoms with van der Waals surface area (Å²) in [4.78, 5) is 4.71. The van der Waals surface area contributed by atoms with Gasteiger partial charge in [-0.3, -0.25) is 0 Å². The van der Waals surface area contributed by atoms with Crippen LogP contribution in [0.5, 0.6) is 11.5 Å². The Labute approximate surface area is 100 Å². The SMILES string of the molecule is CC(c1cccc(ON)c1)c1ccccc1O. The normalized spacial score (nSPS) is 12.1. The van der Waals surface area contributed by atoms with Crippen molar-refractivity contribution in [3.63, 3.8) is 0 Å². The molecule has 0 amide bonds.